The number of ether oxygens (including phenoxy) is 1. The zero-order valence-electron chi connectivity index (χ0n) is 28.8. The Morgan fingerprint density at radius 1 is 0.865 bits per heavy atom. The van der Waals surface area contributed by atoms with E-state index in [-0.39, 0.29) is 42.1 Å². The molecule has 0 aliphatic rings. The number of unbranched alkanes of at least 4 members (excludes halogenated alkanes) is 1. The molecule has 52 heavy (non-hydrogen) atoms. The molecule has 4 N–H and O–H groups in total. The first-order valence-corrected chi connectivity index (χ1v) is 16.4. The molecule has 0 aliphatic carbocycles. The third kappa shape index (κ3) is 11.4. The second-order valence-electron chi connectivity index (χ2n) is 11.9. The Morgan fingerprint density at radius 2 is 1.52 bits per heavy atom. The van der Waals surface area contributed by atoms with Gasteiger partial charge in [0.2, 0.25) is 0 Å². The highest BCUT2D eigenvalue weighted by Crippen LogP contribution is 2.25. The molecule has 4 aromatic rings. The highest BCUT2D eigenvalue weighted by molar-refractivity contribution is 5.98. The maximum Gasteiger partial charge on any atom is 0.251 e. The van der Waals surface area contributed by atoms with Crippen molar-refractivity contribution in [2.24, 2.45) is 21.1 Å². The second kappa shape index (κ2) is 19.3. The molecule has 0 unspecified atom stereocenters. The van der Waals surface area contributed by atoms with E-state index in [2.05, 4.69) is 30.9 Å². The Labute approximate surface area is 299 Å². The van der Waals surface area contributed by atoms with Gasteiger partial charge in [-0.05, 0) is 116 Å². The molecule has 15 heteroatoms. The van der Waals surface area contributed by atoms with Crippen LogP contribution in [0.4, 0.5) is 31.5 Å². The van der Waals surface area contributed by atoms with Crippen LogP contribution in [0.15, 0.2) is 100 Å². The predicted octanol–water partition coefficient (Wildman–Crippen LogP) is 7.24. The summed E-state index contributed by atoms with van der Waals surface area (Å²) in [6, 6.07) is 21.1. The van der Waals surface area contributed by atoms with Crippen LogP contribution in [-0.2, 0) is 11.2 Å². The molecule has 0 saturated heterocycles. The zero-order valence-corrected chi connectivity index (χ0v) is 28.8. The Bertz CT molecular complexity index is 1910. The maximum atomic E-state index is 15.0. The SMILES string of the molecule is CN(C)c1ccc(N=Nc2ccc(C(=O)NCCc3cc(F)c(OCC(=O)[C@H](CCCCN)NC(=O)c4cccc(N=[N+]=[N-])c4)c(F)c3)cc2)cc1. The van der Waals surface area contributed by atoms with E-state index in [1.165, 1.54) is 24.3 Å². The van der Waals surface area contributed by atoms with Gasteiger partial charge in [0.05, 0.1) is 17.4 Å². The van der Waals surface area contributed by atoms with Crippen molar-refractivity contribution < 1.29 is 27.9 Å². The number of benzene rings is 4. The van der Waals surface area contributed by atoms with E-state index in [0.29, 0.717) is 36.3 Å². The first-order valence-electron chi connectivity index (χ1n) is 16.4. The van der Waals surface area contributed by atoms with Crippen LogP contribution < -0.4 is 26.0 Å². The fourth-order valence-electron chi connectivity index (χ4n) is 4.98. The first-order chi connectivity index (χ1) is 25.1. The molecule has 1 atom stereocenters. The fourth-order valence-corrected chi connectivity index (χ4v) is 4.98. The van der Waals surface area contributed by atoms with Gasteiger partial charge in [-0.3, -0.25) is 14.4 Å². The fraction of sp³-hybridized carbons (Fsp3) is 0.270. The third-order valence-electron chi connectivity index (χ3n) is 7.80. The van der Waals surface area contributed by atoms with E-state index in [1.807, 2.05) is 43.3 Å². The number of halogens is 2. The number of nitrogens with two attached hydrogens (primary N) is 1. The Morgan fingerprint density at radius 3 is 2.13 bits per heavy atom. The smallest absolute Gasteiger partial charge is 0.251 e. The number of anilines is 1. The highest BCUT2D eigenvalue weighted by Gasteiger charge is 2.23. The summed E-state index contributed by atoms with van der Waals surface area (Å²) in [6.07, 6.45) is 1.43. The minimum absolute atomic E-state index is 0.0940. The summed E-state index contributed by atoms with van der Waals surface area (Å²) in [5, 5.41) is 17.2. The predicted molar refractivity (Wildman–Crippen MR) is 194 cm³/mol. The van der Waals surface area contributed by atoms with E-state index < -0.39 is 41.7 Å². The van der Waals surface area contributed by atoms with Crippen molar-refractivity contribution in [3.05, 3.63) is 124 Å². The van der Waals surface area contributed by atoms with Crippen molar-refractivity contribution in [1.29, 1.82) is 0 Å². The number of azide groups is 1. The molecule has 0 radical (unpaired) electrons. The molecule has 0 heterocycles. The summed E-state index contributed by atoms with van der Waals surface area (Å²) in [6.45, 7) is -0.239. The quantitative estimate of drug-likeness (QED) is 0.0422. The van der Waals surface area contributed by atoms with E-state index in [0.717, 1.165) is 17.8 Å². The average Bonchev–Trinajstić information content (AvgIpc) is 3.13. The van der Waals surface area contributed by atoms with E-state index in [9.17, 15) is 23.2 Å². The molecule has 2 amide bonds. The van der Waals surface area contributed by atoms with Crippen molar-refractivity contribution in [3.63, 3.8) is 0 Å². The normalized spacial score (nSPS) is 11.4. The van der Waals surface area contributed by atoms with E-state index in [4.69, 9.17) is 16.0 Å². The topological polar surface area (TPSA) is 187 Å². The van der Waals surface area contributed by atoms with Gasteiger partial charge in [-0.1, -0.05) is 17.2 Å². The molecular formula is C37H39F2N9O4. The Kier molecular flexibility index (Phi) is 14.3. The zero-order chi connectivity index (χ0) is 37.5. The monoisotopic (exact) mass is 711 g/mol. The molecule has 0 fully saturated rings. The summed E-state index contributed by atoms with van der Waals surface area (Å²) in [7, 11) is 3.89. The van der Waals surface area contributed by atoms with Crippen LogP contribution >= 0.6 is 0 Å². The third-order valence-corrected chi connectivity index (χ3v) is 7.80. The van der Waals surface area contributed by atoms with Gasteiger partial charge in [0, 0.05) is 48.1 Å². The van der Waals surface area contributed by atoms with E-state index in [1.54, 1.807) is 24.3 Å². The molecule has 270 valence electrons. The van der Waals surface area contributed by atoms with Crippen molar-refractivity contribution in [2.75, 3.05) is 38.7 Å². The molecule has 13 nitrogen and oxygen atoms in total. The minimum Gasteiger partial charge on any atom is -0.480 e. The first kappa shape index (κ1) is 38.6. The lowest BCUT2D eigenvalue weighted by Crippen LogP contribution is -2.43. The number of rotatable bonds is 18. The van der Waals surface area contributed by atoms with Gasteiger partial charge >= 0.3 is 0 Å². The number of ketones is 1. The number of nitrogens with one attached hydrogen (secondary N) is 2. The number of hydrogen-bond donors (Lipinski definition) is 3. The molecule has 0 saturated carbocycles. The van der Waals surface area contributed by atoms with Crippen LogP contribution in [0.5, 0.6) is 5.75 Å². The van der Waals surface area contributed by atoms with Gasteiger partial charge in [0.15, 0.2) is 23.2 Å². The van der Waals surface area contributed by atoms with Crippen molar-refractivity contribution in [2.45, 2.75) is 31.7 Å². The van der Waals surface area contributed by atoms with Gasteiger partial charge in [-0.2, -0.15) is 10.2 Å². The number of azo groups is 1. The van der Waals surface area contributed by atoms with Gasteiger partial charge < -0.3 is 26.0 Å². The molecule has 4 aromatic carbocycles. The Balaban J connectivity index is 1.29. The number of nitrogens with zero attached hydrogens (tertiary/aromatic N) is 6. The van der Waals surface area contributed by atoms with Gasteiger partial charge in [-0.15, -0.1) is 0 Å². The number of amides is 2. The lowest BCUT2D eigenvalue weighted by Gasteiger charge is -2.18. The standard InChI is InChI=1S/C37H39F2N9O4/c1-48(2)30-15-13-28(14-16-30)45-44-27-11-9-25(10-12-27)36(50)42-19-17-24-20-31(38)35(32(39)21-24)52-23-34(49)33(8-3-4-18-40)43-37(51)26-6-5-7-29(22-26)46-47-41/h5-7,9-16,20-22,33H,3-4,8,17-19,23,40H2,1-2H3,(H,42,50)(H,43,51)/t33-/m0/s1. The lowest BCUT2D eigenvalue weighted by molar-refractivity contribution is -0.123. The Hall–Kier alpha value is -6.18. The molecule has 4 rings (SSSR count). The van der Waals surface area contributed by atoms with Crippen LogP contribution in [0.25, 0.3) is 10.4 Å². The van der Waals surface area contributed by atoms with Gasteiger partial charge in [0.1, 0.15) is 6.61 Å². The number of Topliss-reactive ketones (excluding diaryl/α,β-unsaturated/α-hetero) is 1. The largest absolute Gasteiger partial charge is 0.480 e. The van der Waals surface area contributed by atoms with Crippen LogP contribution in [0.3, 0.4) is 0 Å². The van der Waals surface area contributed by atoms with Gasteiger partial charge in [0.25, 0.3) is 11.8 Å². The second-order valence-corrected chi connectivity index (χ2v) is 11.9. The number of carbonyl (C=O) groups excluding carboxylic acids is 3. The van der Waals surface area contributed by atoms with Crippen LogP contribution in [-0.4, -0.2) is 57.4 Å². The summed E-state index contributed by atoms with van der Waals surface area (Å²) in [5.74, 6) is -4.36. The number of hydrogen-bond acceptors (Lipinski definition) is 9. The van der Waals surface area contributed by atoms with Crippen molar-refractivity contribution in [3.8, 4) is 5.75 Å². The molecule has 0 spiro atoms. The summed E-state index contributed by atoms with van der Waals surface area (Å²) >= 11 is 0. The molecule has 0 aliphatic heterocycles. The summed E-state index contributed by atoms with van der Waals surface area (Å²) in [5.41, 5.74) is 17.5. The maximum absolute atomic E-state index is 15.0. The van der Waals surface area contributed by atoms with Crippen molar-refractivity contribution in [1.82, 2.24) is 10.6 Å². The highest BCUT2D eigenvalue weighted by atomic mass is 19.1. The van der Waals surface area contributed by atoms with Crippen LogP contribution in [0.1, 0.15) is 45.5 Å². The summed E-state index contributed by atoms with van der Waals surface area (Å²) in [4.78, 5) is 43.3. The van der Waals surface area contributed by atoms with E-state index >= 15 is 0 Å². The van der Waals surface area contributed by atoms with Gasteiger partial charge in [-0.25, -0.2) is 8.78 Å². The van der Waals surface area contributed by atoms with Crippen molar-refractivity contribution >= 4 is 40.3 Å². The van der Waals surface area contributed by atoms with Crippen LogP contribution in [0.2, 0.25) is 0 Å². The average molecular weight is 712 g/mol. The summed E-state index contributed by atoms with van der Waals surface area (Å²) < 4.78 is 35.2. The lowest BCUT2D eigenvalue weighted by atomic mass is 10.0. The molecule has 0 aromatic heterocycles. The molecule has 0 bridgehead atoms. The molecular weight excluding hydrogens is 672 g/mol. The van der Waals surface area contributed by atoms with Crippen LogP contribution in [0, 0.1) is 11.6 Å². The number of carbonyl (C=O) groups is 3. The minimum atomic E-state index is -1.03.